The highest BCUT2D eigenvalue weighted by molar-refractivity contribution is 9.08. The second-order valence-electron chi connectivity index (χ2n) is 2.64. The number of carboxylic acids is 1. The van der Waals surface area contributed by atoms with Gasteiger partial charge in [-0.15, -0.1) is 0 Å². The van der Waals surface area contributed by atoms with E-state index in [2.05, 4.69) is 20.7 Å². The molecule has 3 nitrogen and oxygen atoms in total. The Hall–Kier alpha value is -1.17. The van der Waals surface area contributed by atoms with Crippen molar-refractivity contribution in [3.8, 4) is 5.75 Å². The van der Waals surface area contributed by atoms with Gasteiger partial charge in [-0.3, -0.25) is 0 Å². The van der Waals surface area contributed by atoms with E-state index < -0.39 is 12.6 Å². The molecule has 15 heavy (non-hydrogen) atoms. The third-order valence-corrected chi connectivity index (χ3v) is 2.28. The fourth-order valence-corrected chi connectivity index (χ4v) is 1.53. The smallest absolute Gasteiger partial charge is 0.387 e. The van der Waals surface area contributed by atoms with Crippen LogP contribution < -0.4 is 4.74 Å². The summed E-state index contributed by atoms with van der Waals surface area (Å²) in [6, 6.07) is 3.70. The molecule has 0 saturated carbocycles. The lowest BCUT2D eigenvalue weighted by Crippen LogP contribution is -2.05. The van der Waals surface area contributed by atoms with E-state index in [-0.39, 0.29) is 16.6 Å². The molecule has 1 aromatic rings. The largest absolute Gasteiger partial charge is 0.478 e. The minimum atomic E-state index is -2.91. The number of aromatic carboxylic acids is 1. The summed E-state index contributed by atoms with van der Waals surface area (Å²) in [6.45, 7) is -2.91. The highest BCUT2D eigenvalue weighted by Gasteiger charge is 2.12. The number of alkyl halides is 3. The molecule has 0 saturated heterocycles. The maximum Gasteiger partial charge on any atom is 0.387 e. The lowest BCUT2D eigenvalue weighted by atomic mass is 10.1. The number of ether oxygens (including phenoxy) is 1. The number of carbonyl (C=O) groups is 1. The van der Waals surface area contributed by atoms with Crippen molar-refractivity contribution >= 4 is 21.9 Å². The molecule has 0 aliphatic rings. The average molecular weight is 281 g/mol. The van der Waals surface area contributed by atoms with Gasteiger partial charge in [0.25, 0.3) is 0 Å². The molecule has 0 aromatic heterocycles. The minimum absolute atomic E-state index is 0.0514. The lowest BCUT2D eigenvalue weighted by Gasteiger charge is -2.07. The Balaban J connectivity index is 3.02. The minimum Gasteiger partial charge on any atom is -0.478 e. The van der Waals surface area contributed by atoms with Gasteiger partial charge in [-0.1, -0.05) is 15.9 Å². The van der Waals surface area contributed by atoms with E-state index in [1.807, 2.05) is 0 Å². The van der Waals surface area contributed by atoms with Crippen LogP contribution in [0.4, 0.5) is 8.78 Å². The van der Waals surface area contributed by atoms with Crippen LogP contribution in [0.25, 0.3) is 0 Å². The van der Waals surface area contributed by atoms with Gasteiger partial charge in [-0.25, -0.2) is 4.79 Å². The summed E-state index contributed by atoms with van der Waals surface area (Å²) in [5.41, 5.74) is 0.453. The van der Waals surface area contributed by atoms with Gasteiger partial charge in [0.05, 0.1) is 5.56 Å². The Morgan fingerprint density at radius 3 is 2.67 bits per heavy atom. The van der Waals surface area contributed by atoms with Gasteiger partial charge in [0.15, 0.2) is 0 Å². The molecule has 0 amide bonds. The van der Waals surface area contributed by atoms with Crippen LogP contribution in [0.3, 0.4) is 0 Å². The summed E-state index contributed by atoms with van der Waals surface area (Å²) < 4.78 is 27.9. The third kappa shape index (κ3) is 3.16. The van der Waals surface area contributed by atoms with Crippen LogP contribution in [0.15, 0.2) is 18.2 Å². The Bertz CT molecular complexity index is 368. The first-order chi connectivity index (χ1) is 7.04. The summed E-state index contributed by atoms with van der Waals surface area (Å²) in [4.78, 5) is 10.7. The van der Waals surface area contributed by atoms with Gasteiger partial charge >= 0.3 is 12.6 Å². The molecule has 1 N–H and O–H groups in total. The van der Waals surface area contributed by atoms with E-state index >= 15 is 0 Å². The number of halogens is 3. The fraction of sp³-hybridized carbons (Fsp3) is 0.222. The van der Waals surface area contributed by atoms with Crippen LogP contribution in [0.5, 0.6) is 5.75 Å². The Kier molecular flexibility index (Phi) is 4.02. The van der Waals surface area contributed by atoms with Crippen LogP contribution in [0, 0.1) is 0 Å². The Morgan fingerprint density at radius 2 is 2.20 bits per heavy atom. The first-order valence-corrected chi connectivity index (χ1v) is 5.03. The number of hydrogen-bond donors (Lipinski definition) is 1. The van der Waals surface area contributed by atoms with Crippen molar-refractivity contribution < 1.29 is 23.4 Å². The molecule has 1 rings (SSSR count). The summed E-state index contributed by atoms with van der Waals surface area (Å²) in [5, 5.41) is 9.02. The predicted molar refractivity (Wildman–Crippen MR) is 52.7 cm³/mol. The summed E-state index contributed by atoms with van der Waals surface area (Å²) >= 11 is 3.07. The molecule has 0 fully saturated rings. The van der Waals surface area contributed by atoms with E-state index in [0.29, 0.717) is 5.56 Å². The Morgan fingerprint density at radius 1 is 1.53 bits per heavy atom. The second kappa shape index (κ2) is 5.06. The molecule has 0 aliphatic carbocycles. The van der Waals surface area contributed by atoms with Crippen LogP contribution in [-0.2, 0) is 5.33 Å². The first kappa shape index (κ1) is 11.9. The lowest BCUT2D eigenvalue weighted by molar-refractivity contribution is -0.0498. The van der Waals surface area contributed by atoms with Crippen molar-refractivity contribution in [1.82, 2.24) is 0 Å². The molecule has 0 heterocycles. The predicted octanol–water partition coefficient (Wildman–Crippen LogP) is 2.88. The second-order valence-corrected chi connectivity index (χ2v) is 3.20. The zero-order valence-corrected chi connectivity index (χ0v) is 9.00. The van der Waals surface area contributed by atoms with Gasteiger partial charge in [0, 0.05) is 5.33 Å². The third-order valence-electron chi connectivity index (χ3n) is 1.68. The summed E-state index contributed by atoms with van der Waals surface area (Å²) in [5.74, 6) is -1.16. The van der Waals surface area contributed by atoms with Crippen molar-refractivity contribution in [2.75, 3.05) is 0 Å². The van der Waals surface area contributed by atoms with Gasteiger partial charge in [-0.2, -0.15) is 8.78 Å². The number of hydrogen-bond acceptors (Lipinski definition) is 2. The highest BCUT2D eigenvalue weighted by atomic mass is 79.9. The van der Waals surface area contributed by atoms with E-state index in [0.717, 1.165) is 0 Å². The van der Waals surface area contributed by atoms with E-state index in [4.69, 9.17) is 5.11 Å². The quantitative estimate of drug-likeness (QED) is 0.863. The van der Waals surface area contributed by atoms with Crippen molar-refractivity contribution in [1.29, 1.82) is 0 Å². The molecular weight excluding hydrogens is 274 g/mol. The number of carboxylic acid groups (broad SMARTS) is 1. The SMILES string of the molecule is O=C(O)c1ccc(OC(F)F)cc1CBr. The summed E-state index contributed by atoms with van der Waals surface area (Å²) in [6.07, 6.45) is 0. The zero-order valence-electron chi connectivity index (χ0n) is 7.41. The average Bonchev–Trinajstić information content (AvgIpc) is 2.16. The maximum atomic E-state index is 11.9. The molecule has 0 atom stereocenters. The zero-order chi connectivity index (χ0) is 11.4. The van der Waals surface area contributed by atoms with E-state index in [9.17, 15) is 13.6 Å². The van der Waals surface area contributed by atoms with E-state index in [1.54, 1.807) is 0 Å². The standard InChI is InChI=1S/C9H7BrF2O3/c10-4-5-3-6(15-9(11)12)1-2-7(5)8(13)14/h1-3,9H,4H2,(H,13,14). The van der Waals surface area contributed by atoms with Crippen molar-refractivity contribution in [3.63, 3.8) is 0 Å². The van der Waals surface area contributed by atoms with Crippen molar-refractivity contribution in [3.05, 3.63) is 29.3 Å². The number of benzene rings is 1. The molecule has 82 valence electrons. The molecule has 0 unspecified atom stereocenters. The van der Waals surface area contributed by atoms with E-state index in [1.165, 1.54) is 18.2 Å². The number of rotatable bonds is 4. The van der Waals surface area contributed by atoms with Gasteiger partial charge in [0.2, 0.25) is 0 Å². The Labute approximate surface area is 92.8 Å². The van der Waals surface area contributed by atoms with Gasteiger partial charge in [-0.05, 0) is 23.8 Å². The van der Waals surface area contributed by atoms with Crippen molar-refractivity contribution in [2.45, 2.75) is 11.9 Å². The van der Waals surface area contributed by atoms with Crippen LogP contribution in [0.2, 0.25) is 0 Å². The molecule has 0 radical (unpaired) electrons. The maximum absolute atomic E-state index is 11.9. The first-order valence-electron chi connectivity index (χ1n) is 3.91. The van der Waals surface area contributed by atoms with Crippen LogP contribution in [0.1, 0.15) is 15.9 Å². The fourth-order valence-electron chi connectivity index (χ4n) is 1.07. The molecule has 0 aliphatic heterocycles. The molecule has 1 aromatic carbocycles. The molecular formula is C9H7BrF2O3. The van der Waals surface area contributed by atoms with Gasteiger partial charge in [0.1, 0.15) is 5.75 Å². The molecule has 0 spiro atoms. The van der Waals surface area contributed by atoms with Gasteiger partial charge < -0.3 is 9.84 Å². The van der Waals surface area contributed by atoms with Crippen LogP contribution in [-0.4, -0.2) is 17.7 Å². The van der Waals surface area contributed by atoms with Crippen molar-refractivity contribution in [2.24, 2.45) is 0 Å². The monoisotopic (exact) mass is 280 g/mol. The topological polar surface area (TPSA) is 46.5 Å². The highest BCUT2D eigenvalue weighted by Crippen LogP contribution is 2.21. The summed E-state index contributed by atoms with van der Waals surface area (Å²) in [7, 11) is 0. The normalized spacial score (nSPS) is 10.4. The molecule has 6 heteroatoms. The van der Waals surface area contributed by atoms with Crippen LogP contribution >= 0.6 is 15.9 Å². The molecule has 0 bridgehead atoms.